The molecule has 8 heteroatoms. The van der Waals surface area contributed by atoms with Crippen molar-refractivity contribution in [1.82, 2.24) is 0 Å². The molecule has 4 aromatic rings. The number of rotatable bonds is 8. The van der Waals surface area contributed by atoms with Crippen LogP contribution in [0.5, 0.6) is 11.5 Å². The van der Waals surface area contributed by atoms with E-state index >= 15 is 0 Å². The van der Waals surface area contributed by atoms with Crippen molar-refractivity contribution in [1.29, 1.82) is 0 Å². The van der Waals surface area contributed by atoms with Crippen LogP contribution in [-0.2, 0) is 9.53 Å². The second-order valence-corrected chi connectivity index (χ2v) is 10.4. The summed E-state index contributed by atoms with van der Waals surface area (Å²) in [7, 11) is 4.68. The first-order chi connectivity index (χ1) is 19.9. The van der Waals surface area contributed by atoms with E-state index in [0.717, 1.165) is 33.9 Å². The fourth-order valence-electron chi connectivity index (χ4n) is 5.26. The zero-order valence-corrected chi connectivity index (χ0v) is 24.4. The molecule has 1 aliphatic rings. The van der Waals surface area contributed by atoms with Gasteiger partial charge in [-0.1, -0.05) is 47.5 Å². The molecule has 0 saturated carbocycles. The molecular formula is C33H30Cl2N2O4. The maximum Gasteiger partial charge on any atom is 0.337 e. The highest BCUT2D eigenvalue weighted by Crippen LogP contribution is 2.49. The average molecular weight is 590 g/mol. The minimum Gasteiger partial charge on any atom is -0.497 e. The third-order valence-corrected chi connectivity index (χ3v) is 7.67. The number of anilines is 2. The molecule has 0 aromatic heterocycles. The molecule has 0 fully saturated rings. The Morgan fingerprint density at radius 3 is 1.93 bits per heavy atom. The number of esters is 1. The number of ether oxygens (including phenoxy) is 3. The number of nitrogens with zero attached hydrogens (tertiary/aromatic N) is 1. The minimum atomic E-state index is -0.543. The van der Waals surface area contributed by atoms with E-state index in [4.69, 9.17) is 37.4 Å². The maximum atomic E-state index is 13.7. The van der Waals surface area contributed by atoms with Gasteiger partial charge in [0.2, 0.25) is 0 Å². The molecule has 210 valence electrons. The molecule has 6 nitrogen and oxygen atoms in total. The van der Waals surface area contributed by atoms with Gasteiger partial charge in [0, 0.05) is 33.5 Å². The molecule has 1 aliphatic heterocycles. The normalized spacial score (nSPS) is 16.8. The van der Waals surface area contributed by atoms with Crippen molar-refractivity contribution < 1.29 is 19.0 Å². The SMILES string of the molecule is COC(=O)C1=C(Nc2ccc(Cl)cc2)C[C@@H](c2cccc(OC)c2)N(c2ccc(Cl)cc2)[C@@H]1c1cccc(OC)c1. The summed E-state index contributed by atoms with van der Waals surface area (Å²) in [5.74, 6) is 0.988. The van der Waals surface area contributed by atoms with Crippen LogP contribution >= 0.6 is 23.2 Å². The van der Waals surface area contributed by atoms with Gasteiger partial charge < -0.3 is 24.4 Å². The van der Waals surface area contributed by atoms with Crippen LogP contribution in [0.25, 0.3) is 0 Å². The fraction of sp³-hybridized carbons (Fsp3) is 0.182. The highest BCUT2D eigenvalue weighted by molar-refractivity contribution is 6.30. The Bertz CT molecular complexity index is 1550. The molecule has 41 heavy (non-hydrogen) atoms. The Kier molecular flexibility index (Phi) is 8.72. The van der Waals surface area contributed by atoms with E-state index in [-0.39, 0.29) is 6.04 Å². The van der Waals surface area contributed by atoms with Gasteiger partial charge in [-0.25, -0.2) is 4.79 Å². The van der Waals surface area contributed by atoms with E-state index in [9.17, 15) is 4.79 Å². The average Bonchev–Trinajstić information content (AvgIpc) is 3.01. The lowest BCUT2D eigenvalue weighted by atomic mass is 9.84. The number of nitrogens with one attached hydrogen (secondary N) is 1. The monoisotopic (exact) mass is 588 g/mol. The van der Waals surface area contributed by atoms with Gasteiger partial charge in [0.1, 0.15) is 11.5 Å². The maximum absolute atomic E-state index is 13.7. The molecule has 0 saturated heterocycles. The van der Waals surface area contributed by atoms with Crippen LogP contribution in [0.2, 0.25) is 10.0 Å². The largest absolute Gasteiger partial charge is 0.497 e. The summed E-state index contributed by atoms with van der Waals surface area (Å²) >= 11 is 12.5. The van der Waals surface area contributed by atoms with Gasteiger partial charge in [-0.3, -0.25) is 0 Å². The zero-order chi connectivity index (χ0) is 28.9. The van der Waals surface area contributed by atoms with Gasteiger partial charge in [-0.2, -0.15) is 0 Å². The molecule has 0 unspecified atom stereocenters. The molecular weight excluding hydrogens is 559 g/mol. The summed E-state index contributed by atoms with van der Waals surface area (Å²) in [6, 6.07) is 30.0. The van der Waals surface area contributed by atoms with Crippen LogP contribution in [0, 0.1) is 0 Å². The lowest BCUT2D eigenvalue weighted by molar-refractivity contribution is -0.136. The highest BCUT2D eigenvalue weighted by atomic mass is 35.5. The second-order valence-electron chi connectivity index (χ2n) is 9.58. The Hall–Kier alpha value is -4.13. The predicted molar refractivity (Wildman–Crippen MR) is 164 cm³/mol. The van der Waals surface area contributed by atoms with Gasteiger partial charge in [0.25, 0.3) is 0 Å². The summed E-state index contributed by atoms with van der Waals surface area (Å²) in [6.45, 7) is 0. The van der Waals surface area contributed by atoms with Gasteiger partial charge in [-0.05, 0) is 83.9 Å². The summed E-state index contributed by atoms with van der Waals surface area (Å²) in [6.07, 6.45) is 0.476. The van der Waals surface area contributed by atoms with Crippen LogP contribution in [0.1, 0.15) is 29.6 Å². The predicted octanol–water partition coefficient (Wildman–Crippen LogP) is 8.24. The lowest BCUT2D eigenvalue weighted by Gasteiger charge is -2.46. The van der Waals surface area contributed by atoms with E-state index < -0.39 is 12.0 Å². The van der Waals surface area contributed by atoms with Crippen LogP contribution < -0.4 is 19.7 Å². The van der Waals surface area contributed by atoms with Gasteiger partial charge in [-0.15, -0.1) is 0 Å². The van der Waals surface area contributed by atoms with Crippen molar-refractivity contribution in [3.63, 3.8) is 0 Å². The summed E-state index contributed by atoms with van der Waals surface area (Å²) < 4.78 is 16.6. The highest BCUT2D eigenvalue weighted by Gasteiger charge is 2.42. The number of hydrogen-bond acceptors (Lipinski definition) is 6. The van der Waals surface area contributed by atoms with Crippen LogP contribution in [0.15, 0.2) is 108 Å². The Balaban J connectivity index is 1.79. The molecule has 0 aliphatic carbocycles. The number of carbonyl (C=O) groups is 1. The van der Waals surface area contributed by atoms with Crippen LogP contribution in [0.4, 0.5) is 11.4 Å². The smallest absolute Gasteiger partial charge is 0.337 e. The summed E-state index contributed by atoms with van der Waals surface area (Å²) in [4.78, 5) is 15.9. The van der Waals surface area contributed by atoms with Crippen molar-refractivity contribution in [2.24, 2.45) is 0 Å². The first kappa shape index (κ1) is 28.4. The molecule has 0 amide bonds. The standard InChI is InChI=1S/C33H30Cl2N2O4/c1-39-27-8-4-6-21(18-27)30-20-29(36-25-14-10-23(34)11-15-25)31(33(38)41-3)32(22-7-5-9-28(19-22)40-2)37(30)26-16-12-24(35)13-17-26/h4-19,30,32,36H,20H2,1-3H3/t30-,32+/m0/s1. The van der Waals surface area contributed by atoms with Crippen LogP contribution in [-0.4, -0.2) is 27.3 Å². The molecule has 2 atom stereocenters. The van der Waals surface area contributed by atoms with E-state index in [1.807, 2.05) is 91.0 Å². The van der Waals surface area contributed by atoms with Gasteiger partial charge in [0.15, 0.2) is 0 Å². The van der Waals surface area contributed by atoms with Crippen molar-refractivity contribution in [3.05, 3.63) is 130 Å². The zero-order valence-electron chi connectivity index (χ0n) is 22.9. The quantitative estimate of drug-likeness (QED) is 0.209. The summed E-state index contributed by atoms with van der Waals surface area (Å²) in [5, 5.41) is 4.77. The van der Waals surface area contributed by atoms with Crippen molar-refractivity contribution in [3.8, 4) is 11.5 Å². The van der Waals surface area contributed by atoms with Crippen molar-refractivity contribution >= 4 is 40.5 Å². The molecule has 0 bridgehead atoms. The second kappa shape index (κ2) is 12.6. The Morgan fingerprint density at radius 2 is 1.34 bits per heavy atom. The number of halogens is 2. The van der Waals surface area contributed by atoms with Crippen molar-refractivity contribution in [2.75, 3.05) is 31.5 Å². The summed E-state index contributed by atoms with van der Waals surface area (Å²) in [5.41, 5.74) is 4.81. The van der Waals surface area contributed by atoms with E-state index in [2.05, 4.69) is 16.3 Å². The third-order valence-electron chi connectivity index (χ3n) is 7.17. The molecule has 0 spiro atoms. The Morgan fingerprint density at radius 1 is 0.780 bits per heavy atom. The number of hydrogen-bond donors (Lipinski definition) is 1. The molecule has 4 aromatic carbocycles. The van der Waals surface area contributed by atoms with Crippen LogP contribution in [0.3, 0.4) is 0 Å². The van der Waals surface area contributed by atoms with Gasteiger partial charge in [0.05, 0.1) is 39.0 Å². The van der Waals surface area contributed by atoms with E-state index in [1.54, 1.807) is 14.2 Å². The third kappa shape index (κ3) is 6.14. The van der Waals surface area contributed by atoms with Crippen molar-refractivity contribution in [2.45, 2.75) is 18.5 Å². The topological polar surface area (TPSA) is 60.0 Å². The van der Waals surface area contributed by atoms with E-state index in [1.165, 1.54) is 7.11 Å². The van der Waals surface area contributed by atoms with E-state index in [0.29, 0.717) is 27.8 Å². The lowest BCUT2D eigenvalue weighted by Crippen LogP contribution is -2.41. The first-order valence-corrected chi connectivity index (χ1v) is 13.8. The molecule has 5 rings (SSSR count). The molecule has 1 N–H and O–H groups in total. The number of methoxy groups -OCH3 is 3. The first-order valence-electron chi connectivity index (χ1n) is 13.1. The number of carbonyl (C=O) groups excluding carboxylic acids is 1. The fourth-order valence-corrected chi connectivity index (χ4v) is 5.52. The molecule has 1 heterocycles. The molecule has 0 radical (unpaired) electrons. The Labute approximate surface area is 250 Å². The number of benzene rings is 4. The minimum absolute atomic E-state index is 0.203. The van der Waals surface area contributed by atoms with Gasteiger partial charge >= 0.3 is 5.97 Å².